The Morgan fingerprint density at radius 1 is 1.26 bits per heavy atom. The smallest absolute Gasteiger partial charge is 0.310 e. The van der Waals surface area contributed by atoms with Crippen molar-refractivity contribution in [2.24, 2.45) is 5.92 Å². The minimum Gasteiger partial charge on any atom is -0.469 e. The van der Waals surface area contributed by atoms with Crippen LogP contribution in [0.15, 0.2) is 47.1 Å². The molecular weight excluding hydrogens is 301 g/mol. The number of furan rings is 1. The maximum atomic E-state index is 13.0. The maximum absolute atomic E-state index is 13.0. The molecule has 0 saturated carbocycles. The molecule has 1 aromatic heterocycles. The quantitative estimate of drug-likeness (QED) is 0.768. The van der Waals surface area contributed by atoms with Gasteiger partial charge in [-0.05, 0) is 29.8 Å². The summed E-state index contributed by atoms with van der Waals surface area (Å²) in [7, 11) is 1.30. The molecule has 2 rings (SSSR count). The predicted octanol–water partition coefficient (Wildman–Crippen LogP) is 2.87. The Hall–Kier alpha value is -2.63. The van der Waals surface area contributed by atoms with Crippen LogP contribution in [0.1, 0.15) is 23.0 Å². The summed E-state index contributed by atoms with van der Waals surface area (Å²) < 4.78 is 22.8. The summed E-state index contributed by atoms with van der Waals surface area (Å²) in [6, 6.07) is 9.03. The van der Waals surface area contributed by atoms with E-state index >= 15 is 0 Å². The monoisotopic (exact) mass is 319 g/mol. The summed E-state index contributed by atoms with van der Waals surface area (Å²) in [6.45, 7) is 2.09. The fourth-order valence-corrected chi connectivity index (χ4v) is 2.19. The third-order valence-corrected chi connectivity index (χ3v) is 3.40. The second-order valence-corrected chi connectivity index (χ2v) is 5.21. The summed E-state index contributed by atoms with van der Waals surface area (Å²) in [6.07, 6.45) is 1.41. The molecule has 23 heavy (non-hydrogen) atoms. The largest absolute Gasteiger partial charge is 0.469 e. The number of halogens is 1. The molecule has 0 radical (unpaired) electrons. The highest BCUT2D eigenvalue weighted by Gasteiger charge is 2.24. The number of carbonyl (C=O) groups excluding carboxylic acids is 2. The van der Waals surface area contributed by atoms with Gasteiger partial charge >= 0.3 is 5.97 Å². The topological polar surface area (TPSA) is 59.8 Å². The number of benzene rings is 1. The highest BCUT2D eigenvalue weighted by atomic mass is 19.1. The number of nitrogens with zero attached hydrogens (tertiary/aromatic N) is 1. The lowest BCUT2D eigenvalue weighted by molar-refractivity contribution is -0.145. The lowest BCUT2D eigenvalue weighted by atomic mass is 10.1. The molecule has 122 valence electrons. The molecule has 5 nitrogen and oxygen atoms in total. The fraction of sp³-hybridized carbons (Fsp3) is 0.294. The van der Waals surface area contributed by atoms with E-state index in [4.69, 9.17) is 9.15 Å². The normalized spacial score (nSPS) is 11.8. The Morgan fingerprint density at radius 2 is 1.96 bits per heavy atom. The highest BCUT2D eigenvalue weighted by molar-refractivity contribution is 5.91. The highest BCUT2D eigenvalue weighted by Crippen LogP contribution is 2.14. The van der Waals surface area contributed by atoms with Crippen LogP contribution in [-0.4, -0.2) is 30.4 Å². The van der Waals surface area contributed by atoms with Gasteiger partial charge in [0.05, 0.1) is 19.3 Å². The predicted molar refractivity (Wildman–Crippen MR) is 81.0 cm³/mol. The molecular formula is C17H18FNO4. The number of esters is 1. The second kappa shape index (κ2) is 7.58. The standard InChI is InChI=1S/C17H18FNO4/c1-12(17(21)22-2)10-19(16(20)15-4-3-9-23-15)11-13-5-7-14(18)8-6-13/h3-9,12H,10-11H2,1-2H3. The first-order chi connectivity index (χ1) is 11.0. The van der Waals surface area contributed by atoms with Crippen LogP contribution in [0.5, 0.6) is 0 Å². The molecule has 0 saturated heterocycles. The number of hydrogen-bond donors (Lipinski definition) is 0. The maximum Gasteiger partial charge on any atom is 0.310 e. The van der Waals surface area contributed by atoms with Crippen molar-refractivity contribution in [2.45, 2.75) is 13.5 Å². The minimum absolute atomic E-state index is 0.170. The number of carbonyl (C=O) groups is 2. The van der Waals surface area contributed by atoms with Crippen LogP contribution in [0.3, 0.4) is 0 Å². The van der Waals surface area contributed by atoms with Crippen molar-refractivity contribution in [2.75, 3.05) is 13.7 Å². The van der Waals surface area contributed by atoms with E-state index < -0.39 is 11.9 Å². The first kappa shape index (κ1) is 16.7. The van der Waals surface area contributed by atoms with Gasteiger partial charge in [-0.1, -0.05) is 19.1 Å². The number of methoxy groups -OCH3 is 1. The molecule has 0 aliphatic carbocycles. The Balaban J connectivity index is 2.18. The van der Waals surface area contributed by atoms with Gasteiger partial charge in [-0.25, -0.2) is 4.39 Å². The van der Waals surface area contributed by atoms with E-state index in [1.165, 1.54) is 30.4 Å². The van der Waals surface area contributed by atoms with Crippen LogP contribution >= 0.6 is 0 Å². The van der Waals surface area contributed by atoms with Crippen molar-refractivity contribution in [3.8, 4) is 0 Å². The average Bonchev–Trinajstić information content (AvgIpc) is 3.09. The molecule has 1 aromatic carbocycles. The van der Waals surface area contributed by atoms with E-state index in [0.717, 1.165) is 5.56 Å². The van der Waals surface area contributed by atoms with Gasteiger partial charge in [-0.3, -0.25) is 9.59 Å². The summed E-state index contributed by atoms with van der Waals surface area (Å²) in [5.41, 5.74) is 0.753. The first-order valence-corrected chi connectivity index (χ1v) is 7.16. The molecule has 2 aromatic rings. The van der Waals surface area contributed by atoms with E-state index in [1.54, 1.807) is 31.2 Å². The summed E-state index contributed by atoms with van der Waals surface area (Å²) in [4.78, 5) is 25.6. The van der Waals surface area contributed by atoms with E-state index in [1.807, 2.05) is 0 Å². The Labute approximate surface area is 133 Å². The van der Waals surface area contributed by atoms with Gasteiger partial charge in [0.2, 0.25) is 0 Å². The molecule has 1 heterocycles. The van der Waals surface area contributed by atoms with Gasteiger partial charge in [0, 0.05) is 13.1 Å². The van der Waals surface area contributed by atoms with Crippen LogP contribution in [0.25, 0.3) is 0 Å². The number of ether oxygens (including phenoxy) is 1. The van der Waals surface area contributed by atoms with E-state index in [9.17, 15) is 14.0 Å². The SMILES string of the molecule is COC(=O)C(C)CN(Cc1ccc(F)cc1)C(=O)c1ccco1. The first-order valence-electron chi connectivity index (χ1n) is 7.16. The van der Waals surface area contributed by atoms with Crippen molar-refractivity contribution in [3.05, 3.63) is 59.8 Å². The molecule has 1 amide bonds. The Bertz CT molecular complexity index is 652. The average molecular weight is 319 g/mol. The van der Waals surface area contributed by atoms with Crippen LogP contribution in [0.2, 0.25) is 0 Å². The summed E-state index contributed by atoms with van der Waals surface area (Å²) >= 11 is 0. The van der Waals surface area contributed by atoms with Gasteiger partial charge < -0.3 is 14.1 Å². The van der Waals surface area contributed by atoms with Crippen LogP contribution in [0.4, 0.5) is 4.39 Å². The molecule has 0 aliphatic heterocycles. The molecule has 0 spiro atoms. The van der Waals surface area contributed by atoms with Crippen LogP contribution < -0.4 is 0 Å². The second-order valence-electron chi connectivity index (χ2n) is 5.21. The third kappa shape index (κ3) is 4.42. The van der Waals surface area contributed by atoms with Crippen molar-refractivity contribution in [1.82, 2.24) is 4.90 Å². The molecule has 0 aliphatic rings. The van der Waals surface area contributed by atoms with Gasteiger partial charge in [0.1, 0.15) is 5.82 Å². The van der Waals surface area contributed by atoms with Gasteiger partial charge in [0.25, 0.3) is 5.91 Å². The molecule has 6 heteroatoms. The molecule has 0 fully saturated rings. The van der Waals surface area contributed by atoms with Crippen molar-refractivity contribution in [3.63, 3.8) is 0 Å². The summed E-state index contributed by atoms with van der Waals surface area (Å²) in [5.74, 6) is -1.39. The van der Waals surface area contributed by atoms with E-state index in [0.29, 0.717) is 0 Å². The van der Waals surface area contributed by atoms with E-state index in [2.05, 4.69) is 0 Å². The molecule has 0 N–H and O–H groups in total. The Kier molecular flexibility index (Phi) is 5.51. The van der Waals surface area contributed by atoms with Crippen molar-refractivity contribution >= 4 is 11.9 Å². The third-order valence-electron chi connectivity index (χ3n) is 3.40. The van der Waals surface area contributed by atoms with E-state index in [-0.39, 0.29) is 30.6 Å². The lowest BCUT2D eigenvalue weighted by Crippen LogP contribution is -2.36. The van der Waals surface area contributed by atoms with Crippen LogP contribution in [-0.2, 0) is 16.1 Å². The number of rotatable bonds is 6. The van der Waals surface area contributed by atoms with Crippen molar-refractivity contribution in [1.29, 1.82) is 0 Å². The lowest BCUT2D eigenvalue weighted by Gasteiger charge is -2.24. The summed E-state index contributed by atoms with van der Waals surface area (Å²) in [5, 5.41) is 0. The van der Waals surface area contributed by atoms with Crippen molar-refractivity contribution < 1.29 is 23.1 Å². The zero-order valence-corrected chi connectivity index (χ0v) is 13.0. The molecule has 0 bridgehead atoms. The fourth-order valence-electron chi connectivity index (χ4n) is 2.19. The zero-order chi connectivity index (χ0) is 16.8. The number of amides is 1. The van der Waals surface area contributed by atoms with Gasteiger partial charge in [-0.2, -0.15) is 0 Å². The molecule has 1 unspecified atom stereocenters. The van der Waals surface area contributed by atoms with Crippen LogP contribution in [0, 0.1) is 11.7 Å². The van der Waals surface area contributed by atoms with Gasteiger partial charge in [-0.15, -0.1) is 0 Å². The minimum atomic E-state index is -0.487. The molecule has 1 atom stereocenters. The Morgan fingerprint density at radius 3 is 2.52 bits per heavy atom. The van der Waals surface area contributed by atoms with Gasteiger partial charge in [0.15, 0.2) is 5.76 Å². The zero-order valence-electron chi connectivity index (χ0n) is 13.0. The number of hydrogen-bond acceptors (Lipinski definition) is 4.